The largest absolute Gasteiger partial charge is 0.508 e. The molecule has 0 aliphatic heterocycles. The lowest BCUT2D eigenvalue weighted by molar-refractivity contribution is 0.289. The Labute approximate surface area is 84.0 Å². The molecule has 14 heavy (non-hydrogen) atoms. The summed E-state index contributed by atoms with van der Waals surface area (Å²) in [6.45, 7) is 2.27. The zero-order chi connectivity index (χ0) is 10.4. The molecule has 0 saturated heterocycles. The van der Waals surface area contributed by atoms with Crippen LogP contribution in [0.2, 0.25) is 0 Å². The Balaban J connectivity index is 2.37. The summed E-state index contributed by atoms with van der Waals surface area (Å²) < 4.78 is 10.1. The van der Waals surface area contributed by atoms with Crippen LogP contribution in [-0.4, -0.2) is 23.0 Å². The molecule has 1 rings (SSSR count). The molecular weight excluding hydrogens is 203 g/mol. The van der Waals surface area contributed by atoms with Gasteiger partial charge in [0.15, 0.2) is 6.35 Å². The Kier molecular flexibility index (Phi) is 4.66. The van der Waals surface area contributed by atoms with Crippen LogP contribution < -0.4 is 4.74 Å². The van der Waals surface area contributed by atoms with E-state index in [-0.39, 0.29) is 12.1 Å². The third-order valence-electron chi connectivity index (χ3n) is 1.44. The van der Waals surface area contributed by atoms with Crippen LogP contribution in [0.1, 0.15) is 6.92 Å². The summed E-state index contributed by atoms with van der Waals surface area (Å²) in [5.41, 5.74) is 0. The summed E-state index contributed by atoms with van der Waals surface area (Å²) >= 11 is 0. The second kappa shape index (κ2) is 5.81. The highest BCUT2D eigenvalue weighted by molar-refractivity contribution is 7.45. The van der Waals surface area contributed by atoms with E-state index in [0.717, 1.165) is 0 Å². The van der Waals surface area contributed by atoms with E-state index in [2.05, 4.69) is 0 Å². The van der Waals surface area contributed by atoms with Gasteiger partial charge in [-0.2, -0.15) is 0 Å². The molecule has 1 unspecified atom stereocenters. The fraction of sp³-hybridized carbons (Fsp3) is 0.333. The lowest BCUT2D eigenvalue weighted by Gasteiger charge is -2.10. The highest BCUT2D eigenvalue weighted by atomic mass is 31.2. The number of aromatic hydroxyl groups is 1. The molecule has 0 spiro atoms. The van der Waals surface area contributed by atoms with Crippen LogP contribution in [0.15, 0.2) is 24.3 Å². The Morgan fingerprint density at radius 2 is 2.21 bits per heavy atom. The van der Waals surface area contributed by atoms with E-state index in [1.807, 2.05) is 0 Å². The second-order valence-corrected chi connectivity index (χ2v) is 3.76. The second-order valence-electron chi connectivity index (χ2n) is 2.54. The number of benzene rings is 1. The summed E-state index contributed by atoms with van der Waals surface area (Å²) in [7, 11) is -1.52. The number of hydrogen-bond donors (Lipinski definition) is 2. The van der Waals surface area contributed by atoms with Crippen molar-refractivity contribution < 1.29 is 19.3 Å². The van der Waals surface area contributed by atoms with Gasteiger partial charge in [-0.15, -0.1) is 0 Å². The van der Waals surface area contributed by atoms with E-state index < -0.39 is 8.38 Å². The Morgan fingerprint density at radius 3 is 2.86 bits per heavy atom. The van der Waals surface area contributed by atoms with Crippen molar-refractivity contribution >= 4 is 8.38 Å². The molecule has 2 N–H and O–H groups in total. The third-order valence-corrected chi connectivity index (χ3v) is 2.34. The SMILES string of the molecule is CCOP(O)COc1cccc(O)c1. The molecule has 1 aromatic rings. The molecule has 0 amide bonds. The van der Waals surface area contributed by atoms with E-state index in [9.17, 15) is 4.89 Å². The molecule has 0 bridgehead atoms. The van der Waals surface area contributed by atoms with Crippen LogP contribution in [-0.2, 0) is 4.52 Å². The van der Waals surface area contributed by atoms with Crippen molar-refractivity contribution in [3.05, 3.63) is 24.3 Å². The van der Waals surface area contributed by atoms with E-state index >= 15 is 0 Å². The van der Waals surface area contributed by atoms with Crippen molar-refractivity contribution in [3.8, 4) is 11.5 Å². The molecular formula is C9H13O4P. The number of phenols is 1. The first-order valence-electron chi connectivity index (χ1n) is 4.23. The van der Waals surface area contributed by atoms with Crippen molar-refractivity contribution in [2.24, 2.45) is 0 Å². The lowest BCUT2D eigenvalue weighted by Crippen LogP contribution is -1.97. The molecule has 0 aliphatic rings. The van der Waals surface area contributed by atoms with Gasteiger partial charge in [0.1, 0.15) is 11.5 Å². The van der Waals surface area contributed by atoms with Crippen LogP contribution >= 0.6 is 8.38 Å². The zero-order valence-corrected chi connectivity index (χ0v) is 8.78. The first kappa shape index (κ1) is 11.2. The maximum Gasteiger partial charge on any atom is 0.208 e. The number of phenolic OH excluding ortho intramolecular Hbond substituents is 1. The smallest absolute Gasteiger partial charge is 0.208 e. The van der Waals surface area contributed by atoms with Gasteiger partial charge in [0, 0.05) is 6.07 Å². The fourth-order valence-electron chi connectivity index (χ4n) is 0.889. The van der Waals surface area contributed by atoms with Gasteiger partial charge in [-0.05, 0) is 19.1 Å². The van der Waals surface area contributed by atoms with Gasteiger partial charge in [0.25, 0.3) is 0 Å². The first-order chi connectivity index (χ1) is 6.72. The van der Waals surface area contributed by atoms with Gasteiger partial charge in [-0.25, -0.2) is 0 Å². The van der Waals surface area contributed by atoms with Crippen molar-refractivity contribution in [1.29, 1.82) is 0 Å². The monoisotopic (exact) mass is 216 g/mol. The van der Waals surface area contributed by atoms with Gasteiger partial charge in [-0.3, -0.25) is 0 Å². The van der Waals surface area contributed by atoms with E-state index in [1.54, 1.807) is 25.1 Å². The summed E-state index contributed by atoms with van der Waals surface area (Å²) in [5.74, 6) is 0.660. The summed E-state index contributed by atoms with van der Waals surface area (Å²) in [6.07, 6.45) is 0.118. The first-order valence-corrected chi connectivity index (χ1v) is 5.63. The Morgan fingerprint density at radius 1 is 1.43 bits per heavy atom. The highest BCUT2D eigenvalue weighted by Gasteiger charge is 2.04. The predicted molar refractivity (Wildman–Crippen MR) is 54.4 cm³/mol. The quantitative estimate of drug-likeness (QED) is 0.739. The molecule has 4 nitrogen and oxygen atoms in total. The summed E-state index contributed by atoms with van der Waals surface area (Å²) in [4.78, 5) is 9.23. The zero-order valence-electron chi connectivity index (χ0n) is 7.88. The number of rotatable bonds is 5. The van der Waals surface area contributed by atoms with Gasteiger partial charge in [0.2, 0.25) is 8.38 Å². The Hall–Kier alpha value is -0.830. The maximum absolute atomic E-state index is 9.23. The fourth-order valence-corrected chi connectivity index (χ4v) is 1.52. The van der Waals surface area contributed by atoms with Gasteiger partial charge < -0.3 is 19.3 Å². The topological polar surface area (TPSA) is 58.9 Å². The van der Waals surface area contributed by atoms with Crippen LogP contribution in [0.5, 0.6) is 11.5 Å². The van der Waals surface area contributed by atoms with Crippen molar-refractivity contribution in [2.45, 2.75) is 6.92 Å². The van der Waals surface area contributed by atoms with E-state index in [0.29, 0.717) is 12.4 Å². The molecule has 1 atom stereocenters. The maximum atomic E-state index is 9.23. The molecule has 1 aromatic carbocycles. The molecule has 0 fully saturated rings. The normalized spacial score (nSPS) is 12.4. The minimum Gasteiger partial charge on any atom is -0.508 e. The van der Waals surface area contributed by atoms with Crippen LogP contribution in [0.25, 0.3) is 0 Å². The predicted octanol–water partition coefficient (Wildman–Crippen LogP) is 2.07. The van der Waals surface area contributed by atoms with Crippen molar-refractivity contribution in [3.63, 3.8) is 0 Å². The molecule has 0 aromatic heterocycles. The molecule has 0 aliphatic carbocycles. The summed E-state index contributed by atoms with van der Waals surface area (Å²) in [5, 5.41) is 9.11. The van der Waals surface area contributed by atoms with Crippen molar-refractivity contribution in [2.75, 3.05) is 13.0 Å². The minimum absolute atomic E-state index is 0.118. The van der Waals surface area contributed by atoms with Gasteiger partial charge in [0.05, 0.1) is 6.61 Å². The highest BCUT2D eigenvalue weighted by Crippen LogP contribution is 2.31. The molecule has 0 saturated carbocycles. The number of hydrogen-bond acceptors (Lipinski definition) is 4. The molecule has 0 radical (unpaired) electrons. The van der Waals surface area contributed by atoms with Gasteiger partial charge in [-0.1, -0.05) is 6.07 Å². The van der Waals surface area contributed by atoms with Crippen LogP contribution in [0, 0.1) is 0 Å². The molecule has 5 heteroatoms. The Bertz CT molecular complexity index is 279. The van der Waals surface area contributed by atoms with Crippen LogP contribution in [0.3, 0.4) is 0 Å². The lowest BCUT2D eigenvalue weighted by atomic mass is 10.3. The average Bonchev–Trinajstić information content (AvgIpc) is 2.15. The molecule has 0 heterocycles. The summed E-state index contributed by atoms with van der Waals surface area (Å²) in [6, 6.07) is 6.41. The van der Waals surface area contributed by atoms with Gasteiger partial charge >= 0.3 is 0 Å². The number of ether oxygens (including phenoxy) is 1. The van der Waals surface area contributed by atoms with E-state index in [4.69, 9.17) is 14.4 Å². The average molecular weight is 216 g/mol. The molecule has 78 valence electrons. The van der Waals surface area contributed by atoms with E-state index in [1.165, 1.54) is 6.07 Å². The standard InChI is InChI=1S/C9H13O4P/c1-2-13-14(11)7-12-9-5-3-4-8(10)6-9/h3-6,10-11H,2,7H2,1H3. The van der Waals surface area contributed by atoms with Crippen LogP contribution in [0.4, 0.5) is 0 Å². The minimum atomic E-state index is -1.52. The van der Waals surface area contributed by atoms with Crippen molar-refractivity contribution in [1.82, 2.24) is 0 Å². The third kappa shape index (κ3) is 3.92.